The minimum absolute atomic E-state index is 0.00634. The molecule has 0 atom stereocenters. The van der Waals surface area contributed by atoms with Crippen molar-refractivity contribution in [2.24, 2.45) is 5.14 Å². The first kappa shape index (κ1) is 21.7. The topological polar surface area (TPSA) is 104 Å². The maximum absolute atomic E-state index is 12.6. The third-order valence-corrected chi connectivity index (χ3v) is 6.58. The summed E-state index contributed by atoms with van der Waals surface area (Å²) in [5, 5.41) is 5.09. The standard InChI is InChI=1S/C20H30N4O4S/c21-29(27,28)18-7-5-17(6-8-18)15-19(25)24-13-11-22(12-14-24)16-20(26)23-9-3-1-2-4-10-23/h5-8H,1-4,9-16H2,(H2,21,27,28). The number of sulfonamides is 1. The molecule has 0 spiro atoms. The number of nitrogens with zero attached hydrogens (tertiary/aromatic N) is 3. The van der Waals surface area contributed by atoms with E-state index in [1.807, 2.05) is 4.90 Å². The van der Waals surface area contributed by atoms with Crippen molar-refractivity contribution in [2.75, 3.05) is 45.8 Å². The van der Waals surface area contributed by atoms with E-state index >= 15 is 0 Å². The summed E-state index contributed by atoms with van der Waals surface area (Å²) in [6.45, 7) is 4.73. The molecule has 0 radical (unpaired) electrons. The van der Waals surface area contributed by atoms with Crippen LogP contribution in [0.25, 0.3) is 0 Å². The molecular formula is C20H30N4O4S. The summed E-state index contributed by atoms with van der Waals surface area (Å²) in [5.74, 6) is 0.202. The molecule has 29 heavy (non-hydrogen) atoms. The zero-order valence-corrected chi connectivity index (χ0v) is 17.6. The Hall–Kier alpha value is -1.97. The molecule has 0 aromatic heterocycles. The molecule has 2 saturated heterocycles. The van der Waals surface area contributed by atoms with Gasteiger partial charge in [-0.05, 0) is 30.5 Å². The van der Waals surface area contributed by atoms with Crippen molar-refractivity contribution in [3.63, 3.8) is 0 Å². The fourth-order valence-corrected chi connectivity index (χ4v) is 4.37. The van der Waals surface area contributed by atoms with Crippen LogP contribution in [0.4, 0.5) is 0 Å². The Morgan fingerprint density at radius 1 is 0.793 bits per heavy atom. The van der Waals surface area contributed by atoms with Gasteiger partial charge < -0.3 is 9.80 Å². The number of amides is 2. The number of likely N-dealkylation sites (tertiary alicyclic amines) is 1. The van der Waals surface area contributed by atoms with Gasteiger partial charge in [0, 0.05) is 39.3 Å². The highest BCUT2D eigenvalue weighted by molar-refractivity contribution is 7.89. The Morgan fingerprint density at radius 2 is 1.34 bits per heavy atom. The van der Waals surface area contributed by atoms with Gasteiger partial charge in [-0.2, -0.15) is 0 Å². The molecule has 2 aliphatic heterocycles. The van der Waals surface area contributed by atoms with Gasteiger partial charge in [0.1, 0.15) is 0 Å². The van der Waals surface area contributed by atoms with E-state index in [2.05, 4.69) is 4.90 Å². The fraction of sp³-hybridized carbons (Fsp3) is 0.600. The minimum Gasteiger partial charge on any atom is -0.342 e. The predicted octanol–water partition coefficient (Wildman–Crippen LogP) is 0.423. The van der Waals surface area contributed by atoms with Crippen LogP contribution in [-0.4, -0.2) is 80.7 Å². The van der Waals surface area contributed by atoms with E-state index in [1.165, 1.54) is 25.0 Å². The SMILES string of the molecule is NS(=O)(=O)c1ccc(CC(=O)N2CCN(CC(=O)N3CCCCCC3)CC2)cc1. The van der Waals surface area contributed by atoms with E-state index in [0.717, 1.165) is 31.5 Å². The van der Waals surface area contributed by atoms with Crippen LogP contribution in [0, 0.1) is 0 Å². The van der Waals surface area contributed by atoms with Gasteiger partial charge in [0.15, 0.2) is 0 Å². The van der Waals surface area contributed by atoms with Crippen molar-refractivity contribution < 1.29 is 18.0 Å². The van der Waals surface area contributed by atoms with Crippen LogP contribution < -0.4 is 5.14 Å². The third-order valence-electron chi connectivity index (χ3n) is 5.65. The maximum atomic E-state index is 12.6. The van der Waals surface area contributed by atoms with Gasteiger partial charge in [0.25, 0.3) is 0 Å². The molecule has 0 unspecified atom stereocenters. The molecule has 0 bridgehead atoms. The number of carbonyl (C=O) groups excluding carboxylic acids is 2. The highest BCUT2D eigenvalue weighted by atomic mass is 32.2. The number of nitrogens with two attached hydrogens (primary N) is 1. The van der Waals surface area contributed by atoms with Crippen LogP contribution in [0.3, 0.4) is 0 Å². The molecule has 2 fully saturated rings. The number of hydrogen-bond acceptors (Lipinski definition) is 5. The molecule has 160 valence electrons. The van der Waals surface area contributed by atoms with Gasteiger partial charge in [-0.25, -0.2) is 13.6 Å². The maximum Gasteiger partial charge on any atom is 0.238 e. The second-order valence-corrected chi connectivity index (χ2v) is 9.38. The fourth-order valence-electron chi connectivity index (χ4n) is 3.85. The molecule has 1 aromatic carbocycles. The molecule has 3 rings (SSSR count). The van der Waals surface area contributed by atoms with Gasteiger partial charge in [-0.15, -0.1) is 0 Å². The molecule has 0 saturated carbocycles. The summed E-state index contributed by atoms with van der Waals surface area (Å²) in [6.07, 6.45) is 4.81. The number of hydrogen-bond donors (Lipinski definition) is 1. The minimum atomic E-state index is -3.73. The van der Waals surface area contributed by atoms with Crippen LogP contribution in [0.1, 0.15) is 31.2 Å². The van der Waals surface area contributed by atoms with Gasteiger partial charge in [0.2, 0.25) is 21.8 Å². The summed E-state index contributed by atoms with van der Waals surface area (Å²) >= 11 is 0. The Balaban J connectivity index is 1.45. The smallest absolute Gasteiger partial charge is 0.238 e. The van der Waals surface area contributed by atoms with Crippen molar-refractivity contribution in [2.45, 2.75) is 37.0 Å². The number of benzene rings is 1. The lowest BCUT2D eigenvalue weighted by molar-refractivity contribution is -0.134. The quantitative estimate of drug-likeness (QED) is 0.741. The number of carbonyl (C=O) groups is 2. The van der Waals surface area contributed by atoms with Crippen LogP contribution in [0.5, 0.6) is 0 Å². The highest BCUT2D eigenvalue weighted by Crippen LogP contribution is 2.13. The predicted molar refractivity (Wildman–Crippen MR) is 110 cm³/mol. The lowest BCUT2D eigenvalue weighted by atomic mass is 10.1. The summed E-state index contributed by atoms with van der Waals surface area (Å²) in [5.41, 5.74) is 0.751. The average molecular weight is 423 g/mol. The van der Waals surface area contributed by atoms with E-state index in [0.29, 0.717) is 32.7 Å². The molecule has 2 N–H and O–H groups in total. The molecule has 9 heteroatoms. The van der Waals surface area contributed by atoms with Crippen molar-refractivity contribution >= 4 is 21.8 Å². The number of rotatable bonds is 5. The van der Waals surface area contributed by atoms with E-state index in [4.69, 9.17) is 5.14 Å². The monoisotopic (exact) mass is 422 g/mol. The molecule has 0 aliphatic carbocycles. The van der Waals surface area contributed by atoms with Crippen molar-refractivity contribution in [1.29, 1.82) is 0 Å². The van der Waals surface area contributed by atoms with Gasteiger partial charge >= 0.3 is 0 Å². The second kappa shape index (κ2) is 9.69. The normalized spacial score (nSPS) is 19.1. The lowest BCUT2D eigenvalue weighted by Gasteiger charge is -2.35. The number of piperazine rings is 1. The molecule has 2 heterocycles. The Bertz CT molecular complexity index is 809. The molecule has 2 amide bonds. The van der Waals surface area contributed by atoms with Crippen LogP contribution >= 0.6 is 0 Å². The largest absolute Gasteiger partial charge is 0.342 e. The second-order valence-electron chi connectivity index (χ2n) is 7.82. The van der Waals surface area contributed by atoms with E-state index in [-0.39, 0.29) is 23.1 Å². The van der Waals surface area contributed by atoms with Crippen LogP contribution in [-0.2, 0) is 26.0 Å². The summed E-state index contributed by atoms with van der Waals surface area (Å²) in [4.78, 5) is 31.0. The molecule has 1 aromatic rings. The molecular weight excluding hydrogens is 392 g/mol. The van der Waals surface area contributed by atoms with Crippen molar-refractivity contribution in [3.8, 4) is 0 Å². The van der Waals surface area contributed by atoms with E-state index < -0.39 is 10.0 Å². The lowest BCUT2D eigenvalue weighted by Crippen LogP contribution is -2.52. The third kappa shape index (κ3) is 6.25. The van der Waals surface area contributed by atoms with Gasteiger partial charge in [-0.1, -0.05) is 25.0 Å². The number of primary sulfonamides is 1. The first-order chi connectivity index (χ1) is 13.8. The van der Waals surface area contributed by atoms with Crippen molar-refractivity contribution in [3.05, 3.63) is 29.8 Å². The summed E-state index contributed by atoms with van der Waals surface area (Å²) in [7, 11) is -3.73. The van der Waals surface area contributed by atoms with Gasteiger partial charge in [0.05, 0.1) is 17.9 Å². The van der Waals surface area contributed by atoms with Crippen molar-refractivity contribution in [1.82, 2.24) is 14.7 Å². The Morgan fingerprint density at radius 3 is 1.90 bits per heavy atom. The first-order valence-electron chi connectivity index (χ1n) is 10.2. The summed E-state index contributed by atoms with van der Waals surface area (Å²) < 4.78 is 22.6. The van der Waals surface area contributed by atoms with Crippen LogP contribution in [0.2, 0.25) is 0 Å². The van der Waals surface area contributed by atoms with E-state index in [9.17, 15) is 18.0 Å². The Kier molecular flexibility index (Phi) is 7.26. The zero-order valence-electron chi connectivity index (χ0n) is 16.8. The first-order valence-corrected chi connectivity index (χ1v) is 11.8. The van der Waals surface area contributed by atoms with Gasteiger partial charge in [-0.3, -0.25) is 14.5 Å². The summed E-state index contributed by atoms with van der Waals surface area (Å²) in [6, 6.07) is 6.08. The molecule has 2 aliphatic rings. The average Bonchev–Trinajstić information content (AvgIpc) is 2.98. The highest BCUT2D eigenvalue weighted by Gasteiger charge is 2.24. The molecule has 8 nitrogen and oxygen atoms in total. The Labute approximate surface area is 172 Å². The zero-order chi connectivity index (χ0) is 20.9. The van der Waals surface area contributed by atoms with E-state index in [1.54, 1.807) is 17.0 Å². The van der Waals surface area contributed by atoms with Crippen LogP contribution in [0.15, 0.2) is 29.2 Å².